The maximum Gasteiger partial charge on any atom is 0.250 e. The monoisotopic (exact) mass is 302 g/mol. The van der Waals surface area contributed by atoms with Crippen molar-refractivity contribution in [1.82, 2.24) is 5.32 Å². The third-order valence-electron chi connectivity index (χ3n) is 4.50. The molecular weight excluding hydrogens is 280 g/mol. The normalized spacial score (nSPS) is 23.3. The lowest BCUT2D eigenvalue weighted by molar-refractivity contribution is -0.118. The van der Waals surface area contributed by atoms with Crippen LogP contribution in [-0.2, 0) is 4.79 Å². The van der Waals surface area contributed by atoms with Gasteiger partial charge in [-0.3, -0.25) is 4.79 Å². The molecule has 0 aromatic heterocycles. The van der Waals surface area contributed by atoms with Crippen LogP contribution in [0.4, 0.5) is 0 Å². The van der Waals surface area contributed by atoms with Gasteiger partial charge in [-0.2, -0.15) is 0 Å². The highest BCUT2D eigenvalue weighted by Crippen LogP contribution is 2.35. The Kier molecular flexibility index (Phi) is 4.34. The van der Waals surface area contributed by atoms with Crippen molar-refractivity contribution < 1.29 is 14.3 Å². The van der Waals surface area contributed by atoms with E-state index in [4.69, 9.17) is 15.2 Å². The number of para-hydroxylation sites is 1. The zero-order chi connectivity index (χ0) is 15.5. The van der Waals surface area contributed by atoms with E-state index in [2.05, 4.69) is 5.32 Å². The van der Waals surface area contributed by atoms with Crippen molar-refractivity contribution >= 4 is 12.0 Å². The topological polar surface area (TPSA) is 73.6 Å². The quantitative estimate of drug-likeness (QED) is 0.888. The van der Waals surface area contributed by atoms with Crippen LogP contribution in [0, 0.1) is 5.92 Å². The maximum absolute atomic E-state index is 12.4. The van der Waals surface area contributed by atoms with Gasteiger partial charge in [0.05, 0.1) is 12.7 Å². The summed E-state index contributed by atoms with van der Waals surface area (Å²) >= 11 is 0. The molecule has 2 aliphatic rings. The lowest BCUT2D eigenvalue weighted by atomic mass is 10.0. The summed E-state index contributed by atoms with van der Waals surface area (Å²) < 4.78 is 11.0. The summed E-state index contributed by atoms with van der Waals surface area (Å²) in [5.74, 6) is 1.72. The largest absolute Gasteiger partial charge is 0.493 e. The minimum absolute atomic E-state index is 0.0566. The molecule has 1 fully saturated rings. The number of methoxy groups -OCH3 is 1. The van der Waals surface area contributed by atoms with Crippen LogP contribution in [0.5, 0.6) is 11.5 Å². The molecule has 1 aromatic carbocycles. The van der Waals surface area contributed by atoms with Gasteiger partial charge in [-0.15, -0.1) is 0 Å². The van der Waals surface area contributed by atoms with E-state index in [1.807, 2.05) is 24.3 Å². The smallest absolute Gasteiger partial charge is 0.250 e. The number of ether oxygens (including phenoxy) is 2. The minimum Gasteiger partial charge on any atom is -0.493 e. The lowest BCUT2D eigenvalue weighted by Gasteiger charge is -2.23. The first kappa shape index (κ1) is 14.9. The Morgan fingerprint density at radius 1 is 1.45 bits per heavy atom. The summed E-state index contributed by atoms with van der Waals surface area (Å²) in [5, 5.41) is 3.11. The molecule has 1 aliphatic heterocycles. The van der Waals surface area contributed by atoms with Crippen molar-refractivity contribution in [3.63, 3.8) is 0 Å². The summed E-state index contributed by atoms with van der Waals surface area (Å²) in [6.45, 7) is 0.889. The molecule has 22 heavy (non-hydrogen) atoms. The number of benzene rings is 1. The fourth-order valence-electron chi connectivity index (χ4n) is 3.24. The van der Waals surface area contributed by atoms with E-state index >= 15 is 0 Å². The van der Waals surface area contributed by atoms with Crippen LogP contribution in [-0.4, -0.2) is 32.2 Å². The van der Waals surface area contributed by atoms with Gasteiger partial charge in [0.1, 0.15) is 6.61 Å². The third-order valence-corrected chi connectivity index (χ3v) is 4.50. The van der Waals surface area contributed by atoms with Crippen molar-refractivity contribution in [2.75, 3.05) is 20.3 Å². The van der Waals surface area contributed by atoms with Crippen LogP contribution in [0.2, 0.25) is 0 Å². The van der Waals surface area contributed by atoms with E-state index in [-0.39, 0.29) is 18.6 Å². The van der Waals surface area contributed by atoms with E-state index in [0.717, 1.165) is 24.8 Å². The second-order valence-electron chi connectivity index (χ2n) is 5.84. The summed E-state index contributed by atoms with van der Waals surface area (Å²) in [6.07, 6.45) is 5.11. The predicted molar refractivity (Wildman–Crippen MR) is 84.8 cm³/mol. The fraction of sp³-hybridized carbons (Fsp3) is 0.471. The van der Waals surface area contributed by atoms with Gasteiger partial charge in [-0.1, -0.05) is 18.6 Å². The molecule has 118 valence electrons. The van der Waals surface area contributed by atoms with Crippen molar-refractivity contribution in [3.8, 4) is 11.5 Å². The molecule has 3 N–H and O–H groups in total. The van der Waals surface area contributed by atoms with Gasteiger partial charge in [-0.25, -0.2) is 0 Å². The molecule has 3 rings (SSSR count). The highest BCUT2D eigenvalue weighted by molar-refractivity contribution is 5.99. The summed E-state index contributed by atoms with van der Waals surface area (Å²) in [5.41, 5.74) is 7.28. The lowest BCUT2D eigenvalue weighted by Crippen LogP contribution is -2.41. The molecule has 0 spiro atoms. The average molecular weight is 302 g/mol. The summed E-state index contributed by atoms with van der Waals surface area (Å²) in [6, 6.07) is 5.84. The van der Waals surface area contributed by atoms with Crippen LogP contribution >= 0.6 is 0 Å². The van der Waals surface area contributed by atoms with Crippen LogP contribution < -0.4 is 20.5 Å². The van der Waals surface area contributed by atoms with Gasteiger partial charge in [-0.05, 0) is 37.4 Å². The van der Waals surface area contributed by atoms with E-state index in [0.29, 0.717) is 29.5 Å². The van der Waals surface area contributed by atoms with Gasteiger partial charge in [0.25, 0.3) is 5.91 Å². The first-order valence-corrected chi connectivity index (χ1v) is 7.74. The van der Waals surface area contributed by atoms with Crippen LogP contribution in [0.25, 0.3) is 6.08 Å². The number of carbonyl (C=O) groups is 1. The van der Waals surface area contributed by atoms with E-state index in [9.17, 15) is 4.79 Å². The molecular formula is C17H22N2O3. The van der Waals surface area contributed by atoms with Crippen molar-refractivity contribution in [1.29, 1.82) is 0 Å². The zero-order valence-corrected chi connectivity index (χ0v) is 12.8. The SMILES string of the molecule is COc1cccc2c1OCC(C(=O)NC1CCCC1CN)=C2. The van der Waals surface area contributed by atoms with Crippen molar-refractivity contribution in [2.24, 2.45) is 11.7 Å². The first-order chi connectivity index (χ1) is 10.7. The zero-order valence-electron chi connectivity index (χ0n) is 12.8. The molecule has 2 atom stereocenters. The number of hydrogen-bond donors (Lipinski definition) is 2. The predicted octanol–water partition coefficient (Wildman–Crippen LogP) is 1.71. The van der Waals surface area contributed by atoms with E-state index < -0.39 is 0 Å². The molecule has 1 amide bonds. The minimum atomic E-state index is -0.0566. The van der Waals surface area contributed by atoms with Gasteiger partial charge in [0.2, 0.25) is 0 Å². The molecule has 1 heterocycles. The Balaban J connectivity index is 1.75. The molecule has 5 nitrogen and oxygen atoms in total. The van der Waals surface area contributed by atoms with Crippen molar-refractivity contribution in [3.05, 3.63) is 29.3 Å². The number of carbonyl (C=O) groups excluding carboxylic acids is 1. The number of rotatable bonds is 4. The second kappa shape index (κ2) is 6.40. The molecule has 0 bridgehead atoms. The van der Waals surface area contributed by atoms with Gasteiger partial charge >= 0.3 is 0 Å². The number of nitrogens with two attached hydrogens (primary N) is 1. The van der Waals surface area contributed by atoms with E-state index in [1.54, 1.807) is 7.11 Å². The first-order valence-electron chi connectivity index (χ1n) is 7.74. The molecule has 1 aromatic rings. The van der Waals surface area contributed by atoms with Gasteiger partial charge in [0.15, 0.2) is 11.5 Å². The molecule has 5 heteroatoms. The maximum atomic E-state index is 12.4. The Labute approximate surface area is 130 Å². The number of amides is 1. The summed E-state index contributed by atoms with van der Waals surface area (Å²) in [7, 11) is 1.61. The number of hydrogen-bond acceptors (Lipinski definition) is 4. The van der Waals surface area contributed by atoms with Gasteiger partial charge in [0, 0.05) is 11.6 Å². The number of nitrogens with one attached hydrogen (secondary N) is 1. The Morgan fingerprint density at radius 2 is 2.32 bits per heavy atom. The summed E-state index contributed by atoms with van der Waals surface area (Å²) in [4.78, 5) is 12.4. The highest BCUT2D eigenvalue weighted by atomic mass is 16.5. The Hall–Kier alpha value is -2.01. The standard InChI is InChI=1S/C17H22N2O3/c1-21-15-7-3-4-11-8-13(10-22-16(11)15)17(20)19-14-6-2-5-12(14)9-18/h3-4,7-8,12,14H,2,5-6,9-10,18H2,1H3,(H,19,20). The molecule has 0 radical (unpaired) electrons. The molecule has 1 saturated carbocycles. The van der Waals surface area contributed by atoms with Crippen LogP contribution in [0.3, 0.4) is 0 Å². The van der Waals surface area contributed by atoms with Crippen LogP contribution in [0.1, 0.15) is 24.8 Å². The fourth-order valence-corrected chi connectivity index (χ4v) is 3.24. The Bertz CT molecular complexity index is 598. The van der Waals surface area contributed by atoms with Crippen LogP contribution in [0.15, 0.2) is 23.8 Å². The highest BCUT2D eigenvalue weighted by Gasteiger charge is 2.29. The van der Waals surface area contributed by atoms with Crippen molar-refractivity contribution in [2.45, 2.75) is 25.3 Å². The molecule has 2 unspecified atom stereocenters. The molecule has 1 aliphatic carbocycles. The van der Waals surface area contributed by atoms with E-state index in [1.165, 1.54) is 0 Å². The third kappa shape index (κ3) is 2.81. The second-order valence-corrected chi connectivity index (χ2v) is 5.84. The van der Waals surface area contributed by atoms with Gasteiger partial charge < -0.3 is 20.5 Å². The Morgan fingerprint density at radius 3 is 3.09 bits per heavy atom. The number of fused-ring (bicyclic) bond motifs is 1. The molecule has 0 saturated heterocycles. The average Bonchev–Trinajstić information content (AvgIpc) is 3.00.